The van der Waals surface area contributed by atoms with Crippen LogP contribution < -0.4 is 10.1 Å². The van der Waals surface area contributed by atoms with E-state index in [1.807, 2.05) is 6.07 Å². The Labute approximate surface area is 200 Å². The number of amides is 1. The predicted octanol–water partition coefficient (Wildman–Crippen LogP) is 4.92. The summed E-state index contributed by atoms with van der Waals surface area (Å²) in [4.78, 5) is 30.4. The second kappa shape index (κ2) is 10.4. The van der Waals surface area contributed by atoms with Crippen molar-refractivity contribution in [3.63, 3.8) is 0 Å². The summed E-state index contributed by atoms with van der Waals surface area (Å²) in [5.41, 5.74) is 2.72. The summed E-state index contributed by atoms with van der Waals surface area (Å²) in [5, 5.41) is 7.16. The lowest BCUT2D eigenvalue weighted by molar-refractivity contribution is -0.274. The molecule has 0 radical (unpaired) electrons. The molecule has 0 spiro atoms. The maximum Gasteiger partial charge on any atom is 0.573 e. The largest absolute Gasteiger partial charge is 0.573 e. The third kappa shape index (κ3) is 6.12. The Hall–Kier alpha value is -3.56. The van der Waals surface area contributed by atoms with Crippen LogP contribution in [0.15, 0.2) is 53.7 Å². The quantitative estimate of drug-likeness (QED) is 0.557. The summed E-state index contributed by atoms with van der Waals surface area (Å²) in [7, 11) is 1.32. The van der Waals surface area contributed by atoms with Gasteiger partial charge in [0.25, 0.3) is 0 Å². The number of nitrogens with zero attached hydrogens (tertiary/aromatic N) is 1. The summed E-state index contributed by atoms with van der Waals surface area (Å²) in [5.74, 6) is -1.17. The lowest BCUT2D eigenvalue weighted by Crippen LogP contribution is -2.34. The van der Waals surface area contributed by atoms with Crippen LogP contribution in [0.3, 0.4) is 0 Å². The Morgan fingerprint density at radius 1 is 1.14 bits per heavy atom. The van der Waals surface area contributed by atoms with Crippen molar-refractivity contribution in [2.45, 2.75) is 44.7 Å². The fourth-order valence-corrected chi connectivity index (χ4v) is 4.58. The molecule has 1 saturated carbocycles. The zero-order valence-corrected chi connectivity index (χ0v) is 19.0. The van der Waals surface area contributed by atoms with Gasteiger partial charge in [0.2, 0.25) is 5.91 Å². The number of halogens is 3. The third-order valence-electron chi connectivity index (χ3n) is 6.28. The molecule has 1 N–H and O–H groups in total. The maximum absolute atomic E-state index is 12.9. The minimum atomic E-state index is -4.75. The van der Waals surface area contributed by atoms with Gasteiger partial charge in [0.15, 0.2) is 6.10 Å². The van der Waals surface area contributed by atoms with Gasteiger partial charge in [-0.25, -0.2) is 4.79 Å². The minimum Gasteiger partial charge on any atom is -0.465 e. The smallest absolute Gasteiger partial charge is 0.465 e. The molecule has 1 fully saturated rings. The number of hydrogen-bond acceptors (Lipinski definition) is 6. The number of hydrogen-bond donors (Lipinski definition) is 1. The summed E-state index contributed by atoms with van der Waals surface area (Å²) < 4.78 is 45.5. The van der Waals surface area contributed by atoms with E-state index in [2.05, 4.69) is 15.2 Å². The van der Waals surface area contributed by atoms with E-state index in [9.17, 15) is 22.8 Å². The first-order valence-corrected chi connectivity index (χ1v) is 11.3. The molecule has 2 aromatic carbocycles. The highest BCUT2D eigenvalue weighted by Gasteiger charge is 2.39. The van der Waals surface area contributed by atoms with Gasteiger partial charge < -0.3 is 19.6 Å². The van der Waals surface area contributed by atoms with E-state index in [1.165, 1.54) is 31.4 Å². The van der Waals surface area contributed by atoms with E-state index >= 15 is 0 Å². The lowest BCUT2D eigenvalue weighted by Gasteiger charge is -2.19. The molecule has 3 atom stereocenters. The fourth-order valence-electron chi connectivity index (χ4n) is 4.58. The molecule has 1 aliphatic heterocycles. The molecule has 4 rings (SSSR count). The van der Waals surface area contributed by atoms with Crippen LogP contribution in [0.1, 0.15) is 53.3 Å². The molecule has 2 aliphatic rings. The van der Waals surface area contributed by atoms with Crippen LogP contribution in [0.25, 0.3) is 0 Å². The number of oxime groups is 1. The van der Waals surface area contributed by atoms with E-state index in [1.54, 1.807) is 18.2 Å². The number of methoxy groups -OCH3 is 1. The van der Waals surface area contributed by atoms with Crippen LogP contribution >= 0.6 is 0 Å². The molecule has 10 heteroatoms. The Kier molecular flexibility index (Phi) is 7.28. The van der Waals surface area contributed by atoms with Crippen LogP contribution in [-0.4, -0.2) is 31.1 Å². The van der Waals surface area contributed by atoms with Crippen molar-refractivity contribution >= 4 is 17.6 Å². The summed E-state index contributed by atoms with van der Waals surface area (Å²) >= 11 is 0. The number of benzene rings is 2. The van der Waals surface area contributed by atoms with Gasteiger partial charge in [0.05, 0.1) is 18.4 Å². The number of esters is 1. The first kappa shape index (κ1) is 24.6. The molecular formula is C25H25F3N2O5. The van der Waals surface area contributed by atoms with Crippen molar-refractivity contribution in [3.8, 4) is 5.75 Å². The zero-order valence-electron chi connectivity index (χ0n) is 19.0. The van der Waals surface area contributed by atoms with Crippen molar-refractivity contribution in [1.82, 2.24) is 5.32 Å². The van der Waals surface area contributed by atoms with Gasteiger partial charge >= 0.3 is 12.3 Å². The number of ether oxygens (including phenoxy) is 2. The topological polar surface area (TPSA) is 86.2 Å². The van der Waals surface area contributed by atoms with Gasteiger partial charge in [-0.15, -0.1) is 13.2 Å². The molecule has 1 amide bonds. The van der Waals surface area contributed by atoms with E-state index in [-0.39, 0.29) is 36.1 Å². The summed E-state index contributed by atoms with van der Waals surface area (Å²) in [6, 6.07) is 12.4. The first-order chi connectivity index (χ1) is 16.7. The maximum atomic E-state index is 12.9. The highest BCUT2D eigenvalue weighted by atomic mass is 19.4. The average Bonchev–Trinajstić information content (AvgIpc) is 3.52. The molecule has 1 unspecified atom stereocenters. The van der Waals surface area contributed by atoms with Crippen molar-refractivity contribution in [3.05, 3.63) is 65.2 Å². The predicted molar refractivity (Wildman–Crippen MR) is 119 cm³/mol. The van der Waals surface area contributed by atoms with Crippen LogP contribution in [0, 0.1) is 11.8 Å². The highest BCUT2D eigenvalue weighted by molar-refractivity contribution is 5.93. The van der Waals surface area contributed by atoms with Crippen LogP contribution in [-0.2, 0) is 20.9 Å². The molecule has 0 saturated heterocycles. The van der Waals surface area contributed by atoms with Gasteiger partial charge in [-0.2, -0.15) is 0 Å². The highest BCUT2D eigenvalue weighted by Crippen LogP contribution is 2.39. The molecule has 0 bridgehead atoms. The van der Waals surface area contributed by atoms with Crippen LogP contribution in [0.4, 0.5) is 13.2 Å². The van der Waals surface area contributed by atoms with Gasteiger partial charge in [-0.05, 0) is 48.2 Å². The van der Waals surface area contributed by atoms with E-state index in [0.717, 1.165) is 30.5 Å². The number of nitrogens with one attached hydrogen (secondary N) is 1. The molecule has 7 nitrogen and oxygen atoms in total. The SMILES string of the molecule is COC(=O)c1cccc(C2CC([C@@H]3CCC[C@H]3C(=O)NCc3ccc(OC(F)(F)F)cc3)=NO2)c1. The standard InChI is InChI=1S/C25H25F3N2O5/c1-33-24(32)17-5-2-4-16(12-17)22-13-21(30-35-22)19-6-3-7-20(19)23(31)29-14-15-8-10-18(11-9-15)34-25(26,27)28/h2,4-5,8-12,19-20,22H,3,6-7,13-14H2,1H3,(H,29,31)/t19-,20-,22?/m1/s1. The second-order valence-electron chi connectivity index (χ2n) is 8.55. The second-order valence-corrected chi connectivity index (χ2v) is 8.55. The number of alkyl halides is 3. The molecule has 0 aromatic heterocycles. The normalized spacial score (nSPS) is 21.7. The molecular weight excluding hydrogens is 465 g/mol. The van der Waals surface area contributed by atoms with Gasteiger partial charge in [0, 0.05) is 24.8 Å². The van der Waals surface area contributed by atoms with Crippen LogP contribution in [0.5, 0.6) is 5.75 Å². The van der Waals surface area contributed by atoms with Crippen LogP contribution in [0.2, 0.25) is 0 Å². The minimum absolute atomic E-state index is 0.0497. The van der Waals surface area contributed by atoms with Crippen molar-refractivity contribution in [2.75, 3.05) is 7.11 Å². The Morgan fingerprint density at radius 2 is 1.91 bits per heavy atom. The van der Waals surface area contributed by atoms with E-state index in [4.69, 9.17) is 9.57 Å². The average molecular weight is 490 g/mol. The zero-order chi connectivity index (χ0) is 25.0. The van der Waals surface area contributed by atoms with Crippen molar-refractivity contribution in [2.24, 2.45) is 17.0 Å². The Balaban J connectivity index is 1.33. The third-order valence-corrected chi connectivity index (χ3v) is 6.28. The molecule has 1 aliphatic carbocycles. The molecule has 1 heterocycles. The van der Waals surface area contributed by atoms with Crippen molar-refractivity contribution in [1.29, 1.82) is 0 Å². The summed E-state index contributed by atoms with van der Waals surface area (Å²) in [6.07, 6.45) is -2.14. The van der Waals surface area contributed by atoms with Gasteiger partial charge in [-0.1, -0.05) is 35.8 Å². The molecule has 186 valence electrons. The number of rotatable bonds is 7. The van der Waals surface area contributed by atoms with E-state index in [0.29, 0.717) is 17.5 Å². The lowest BCUT2D eigenvalue weighted by atomic mass is 9.87. The van der Waals surface area contributed by atoms with E-state index < -0.39 is 12.3 Å². The fraction of sp³-hybridized carbons (Fsp3) is 0.400. The Morgan fingerprint density at radius 3 is 2.63 bits per heavy atom. The first-order valence-electron chi connectivity index (χ1n) is 11.3. The van der Waals surface area contributed by atoms with Gasteiger partial charge in [-0.3, -0.25) is 4.79 Å². The summed E-state index contributed by atoms with van der Waals surface area (Å²) in [6.45, 7) is 0.195. The molecule has 35 heavy (non-hydrogen) atoms. The molecule has 2 aromatic rings. The number of carbonyl (C=O) groups excluding carboxylic acids is 2. The monoisotopic (exact) mass is 490 g/mol. The van der Waals surface area contributed by atoms with Crippen molar-refractivity contribution < 1.29 is 37.1 Å². The Bertz CT molecular complexity index is 1100. The number of carbonyl (C=O) groups is 2. The van der Waals surface area contributed by atoms with Gasteiger partial charge in [0.1, 0.15) is 5.75 Å².